The molecule has 0 aliphatic carbocycles. The largest absolute Gasteiger partial charge is 0.339 e. The predicted octanol–water partition coefficient (Wildman–Crippen LogP) is 0.623. The maximum Gasteiger partial charge on any atom is 0.249 e. The van der Waals surface area contributed by atoms with Gasteiger partial charge >= 0.3 is 0 Å². The van der Waals surface area contributed by atoms with Gasteiger partial charge in [0.15, 0.2) is 0 Å². The van der Waals surface area contributed by atoms with Gasteiger partial charge in [-0.2, -0.15) is 0 Å². The van der Waals surface area contributed by atoms with E-state index >= 15 is 0 Å². The van der Waals surface area contributed by atoms with E-state index in [1.807, 2.05) is 16.7 Å². The van der Waals surface area contributed by atoms with Crippen molar-refractivity contribution in [2.45, 2.75) is 27.2 Å². The molecule has 20 heavy (non-hydrogen) atoms. The van der Waals surface area contributed by atoms with Gasteiger partial charge < -0.3 is 15.1 Å². The van der Waals surface area contributed by atoms with Gasteiger partial charge in [0, 0.05) is 51.3 Å². The van der Waals surface area contributed by atoms with Crippen LogP contribution in [0.25, 0.3) is 0 Å². The third-order valence-electron chi connectivity index (χ3n) is 4.03. The molecule has 112 valence electrons. The van der Waals surface area contributed by atoms with E-state index in [-0.39, 0.29) is 11.8 Å². The lowest BCUT2D eigenvalue weighted by molar-refractivity contribution is -0.138. The molecule has 0 aromatic heterocycles. The van der Waals surface area contributed by atoms with Crippen LogP contribution in [0.2, 0.25) is 0 Å². The summed E-state index contributed by atoms with van der Waals surface area (Å²) in [6, 6.07) is 0. The third-order valence-corrected chi connectivity index (χ3v) is 4.03. The van der Waals surface area contributed by atoms with Gasteiger partial charge in [0.25, 0.3) is 0 Å². The van der Waals surface area contributed by atoms with Crippen LogP contribution in [0.5, 0.6) is 0 Å². The number of rotatable bonds is 3. The molecule has 2 fully saturated rings. The Bertz CT molecular complexity index is 415. The first kappa shape index (κ1) is 15.0. The fraction of sp³-hybridized carbons (Fsp3) is 0.733. The zero-order valence-electron chi connectivity index (χ0n) is 12.7. The topological polar surface area (TPSA) is 52.7 Å². The van der Waals surface area contributed by atoms with Crippen molar-refractivity contribution in [2.24, 2.45) is 5.92 Å². The Balaban J connectivity index is 1.85. The van der Waals surface area contributed by atoms with E-state index in [4.69, 9.17) is 0 Å². The molecule has 5 heteroatoms. The normalized spacial score (nSPS) is 19.1. The monoisotopic (exact) mass is 279 g/mol. The average Bonchev–Trinajstić information content (AvgIpc) is 2.35. The van der Waals surface area contributed by atoms with Gasteiger partial charge in [-0.3, -0.25) is 9.59 Å². The lowest BCUT2D eigenvalue weighted by Crippen LogP contribution is -2.51. The quantitative estimate of drug-likeness (QED) is 0.771. The van der Waals surface area contributed by atoms with Gasteiger partial charge in [-0.1, -0.05) is 13.8 Å². The van der Waals surface area contributed by atoms with Crippen LogP contribution in [0.3, 0.4) is 0 Å². The van der Waals surface area contributed by atoms with Crippen molar-refractivity contribution < 1.29 is 9.59 Å². The minimum atomic E-state index is 0.137. The van der Waals surface area contributed by atoms with E-state index < -0.39 is 0 Å². The van der Waals surface area contributed by atoms with Crippen LogP contribution < -0.4 is 5.32 Å². The van der Waals surface area contributed by atoms with Crippen LogP contribution in [-0.4, -0.2) is 60.9 Å². The number of nitrogens with one attached hydrogen (secondary N) is 1. The van der Waals surface area contributed by atoms with Crippen molar-refractivity contribution in [3.8, 4) is 0 Å². The van der Waals surface area contributed by atoms with Crippen LogP contribution in [0.4, 0.5) is 0 Å². The highest BCUT2D eigenvalue weighted by atomic mass is 16.2. The minimum Gasteiger partial charge on any atom is -0.339 e. The molecule has 0 radical (unpaired) electrons. The Labute approximate surface area is 121 Å². The van der Waals surface area contributed by atoms with Gasteiger partial charge in [0.2, 0.25) is 11.8 Å². The van der Waals surface area contributed by atoms with Crippen LogP contribution in [0.15, 0.2) is 11.1 Å². The van der Waals surface area contributed by atoms with Gasteiger partial charge in [-0.25, -0.2) is 0 Å². The lowest BCUT2D eigenvalue weighted by atomic mass is 10.0. The minimum absolute atomic E-state index is 0.137. The highest BCUT2D eigenvalue weighted by Gasteiger charge is 2.26. The first-order chi connectivity index (χ1) is 9.49. The molecular weight excluding hydrogens is 254 g/mol. The maximum absolute atomic E-state index is 12.3. The van der Waals surface area contributed by atoms with Crippen LogP contribution in [0.1, 0.15) is 27.2 Å². The van der Waals surface area contributed by atoms with Gasteiger partial charge in [0.1, 0.15) is 0 Å². The summed E-state index contributed by atoms with van der Waals surface area (Å²) < 4.78 is 0. The zero-order chi connectivity index (χ0) is 14.7. The molecule has 2 aliphatic rings. The summed E-state index contributed by atoms with van der Waals surface area (Å²) in [5.74, 6) is 0.739. The second kappa shape index (κ2) is 6.39. The summed E-state index contributed by atoms with van der Waals surface area (Å²) in [5, 5.41) is 3.16. The van der Waals surface area contributed by atoms with Crippen LogP contribution in [0, 0.1) is 5.92 Å². The Morgan fingerprint density at radius 3 is 2.10 bits per heavy atom. The standard InChI is InChI=1S/C15H25N3O2/c1-11(2)8-14(19)17-4-6-18(7-5-17)15(20)12(3)13-9-16-10-13/h11,16H,4-10H2,1-3H3. The molecule has 2 aliphatic heterocycles. The third kappa shape index (κ3) is 3.39. The highest BCUT2D eigenvalue weighted by molar-refractivity contribution is 5.94. The lowest BCUT2D eigenvalue weighted by Gasteiger charge is -2.36. The van der Waals surface area contributed by atoms with Crippen molar-refractivity contribution in [1.82, 2.24) is 15.1 Å². The van der Waals surface area contributed by atoms with Crippen LogP contribution >= 0.6 is 0 Å². The molecule has 2 saturated heterocycles. The molecule has 0 aromatic carbocycles. The first-order valence-electron chi connectivity index (χ1n) is 7.45. The van der Waals surface area contributed by atoms with Crippen molar-refractivity contribution >= 4 is 11.8 Å². The number of piperazine rings is 1. The molecule has 0 unspecified atom stereocenters. The molecule has 2 amide bonds. The van der Waals surface area contributed by atoms with Crippen LogP contribution in [-0.2, 0) is 9.59 Å². The first-order valence-corrected chi connectivity index (χ1v) is 7.45. The highest BCUT2D eigenvalue weighted by Crippen LogP contribution is 2.14. The van der Waals surface area contributed by atoms with E-state index in [1.54, 1.807) is 0 Å². The van der Waals surface area contributed by atoms with E-state index in [0.29, 0.717) is 38.5 Å². The predicted molar refractivity (Wildman–Crippen MR) is 78.2 cm³/mol. The summed E-state index contributed by atoms with van der Waals surface area (Å²) in [6.07, 6.45) is 0.600. The molecule has 0 saturated carbocycles. The van der Waals surface area contributed by atoms with Gasteiger partial charge in [-0.05, 0) is 18.4 Å². The zero-order valence-corrected chi connectivity index (χ0v) is 12.7. The van der Waals surface area contributed by atoms with E-state index in [2.05, 4.69) is 19.2 Å². The summed E-state index contributed by atoms with van der Waals surface area (Å²) in [5.41, 5.74) is 2.10. The number of carbonyl (C=O) groups is 2. The average molecular weight is 279 g/mol. The summed E-state index contributed by atoms with van der Waals surface area (Å²) in [4.78, 5) is 28.1. The molecule has 0 atom stereocenters. The number of amides is 2. The van der Waals surface area contributed by atoms with Crippen molar-refractivity contribution in [3.05, 3.63) is 11.1 Å². The number of hydrogen-bond acceptors (Lipinski definition) is 3. The molecule has 5 nitrogen and oxygen atoms in total. The Morgan fingerprint density at radius 2 is 1.65 bits per heavy atom. The summed E-state index contributed by atoms with van der Waals surface area (Å²) >= 11 is 0. The van der Waals surface area contributed by atoms with E-state index in [9.17, 15) is 9.59 Å². The Morgan fingerprint density at radius 1 is 1.10 bits per heavy atom. The molecule has 2 rings (SSSR count). The van der Waals surface area contributed by atoms with E-state index in [1.165, 1.54) is 5.57 Å². The maximum atomic E-state index is 12.3. The smallest absolute Gasteiger partial charge is 0.249 e. The fourth-order valence-corrected chi connectivity index (χ4v) is 2.54. The Hall–Kier alpha value is -1.36. The van der Waals surface area contributed by atoms with Crippen molar-refractivity contribution in [2.75, 3.05) is 39.3 Å². The van der Waals surface area contributed by atoms with Gasteiger partial charge in [-0.15, -0.1) is 0 Å². The molecular formula is C15H25N3O2. The number of carbonyl (C=O) groups excluding carboxylic acids is 2. The molecule has 2 heterocycles. The summed E-state index contributed by atoms with van der Waals surface area (Å²) in [6.45, 7) is 10.3. The second-order valence-corrected chi connectivity index (χ2v) is 6.10. The van der Waals surface area contributed by atoms with Gasteiger partial charge in [0.05, 0.1) is 0 Å². The Kier molecular flexibility index (Phi) is 4.81. The molecule has 0 bridgehead atoms. The number of nitrogens with zero attached hydrogens (tertiary/aromatic N) is 2. The fourth-order valence-electron chi connectivity index (χ4n) is 2.54. The molecule has 0 spiro atoms. The van der Waals surface area contributed by atoms with Crippen molar-refractivity contribution in [1.29, 1.82) is 0 Å². The summed E-state index contributed by atoms with van der Waals surface area (Å²) in [7, 11) is 0. The van der Waals surface area contributed by atoms with Crippen molar-refractivity contribution in [3.63, 3.8) is 0 Å². The second-order valence-electron chi connectivity index (χ2n) is 6.10. The SMILES string of the molecule is CC(C(=O)N1CCN(C(=O)CC(C)C)CC1)=C1CNC1. The van der Waals surface area contributed by atoms with E-state index in [0.717, 1.165) is 18.7 Å². The molecule has 1 N–H and O–H groups in total. The molecule has 0 aromatic rings. The number of hydrogen-bond donors (Lipinski definition) is 1.